The summed E-state index contributed by atoms with van der Waals surface area (Å²) in [5.41, 5.74) is 3.04. The summed E-state index contributed by atoms with van der Waals surface area (Å²) in [6.45, 7) is 0.783. The summed E-state index contributed by atoms with van der Waals surface area (Å²) in [7, 11) is 0. The van der Waals surface area contributed by atoms with Crippen molar-refractivity contribution in [3.05, 3.63) is 76.0 Å². The minimum absolute atomic E-state index is 0.142. The number of halogens is 1. The summed E-state index contributed by atoms with van der Waals surface area (Å²) in [5, 5.41) is 14.1. The highest BCUT2D eigenvalue weighted by Gasteiger charge is 2.23. The quantitative estimate of drug-likeness (QED) is 0.497. The number of ether oxygens (including phenoxy) is 1. The second-order valence-electron chi connectivity index (χ2n) is 8.57. The summed E-state index contributed by atoms with van der Waals surface area (Å²) in [4.78, 5) is 23.7. The summed E-state index contributed by atoms with van der Waals surface area (Å²) in [5.74, 6) is -0.225. The molecule has 1 aromatic heterocycles. The number of nitrogens with zero attached hydrogens (tertiary/aromatic N) is 2. The molecule has 1 fully saturated rings. The number of hydrogen-bond donors (Lipinski definition) is 1. The lowest BCUT2D eigenvalue weighted by Gasteiger charge is -2.28. The van der Waals surface area contributed by atoms with Gasteiger partial charge in [0, 0.05) is 34.3 Å². The molecule has 0 saturated heterocycles. The maximum atomic E-state index is 13.0. The van der Waals surface area contributed by atoms with E-state index in [-0.39, 0.29) is 12.2 Å². The van der Waals surface area contributed by atoms with Crippen molar-refractivity contribution in [3.8, 4) is 22.4 Å². The van der Waals surface area contributed by atoms with Gasteiger partial charge in [0.2, 0.25) is 0 Å². The molecule has 33 heavy (non-hydrogen) atoms. The van der Waals surface area contributed by atoms with Gasteiger partial charge in [-0.25, -0.2) is 9.48 Å². The van der Waals surface area contributed by atoms with Crippen LogP contribution in [-0.4, -0.2) is 34.1 Å². The molecule has 0 atom stereocenters. The summed E-state index contributed by atoms with van der Waals surface area (Å²) >= 11 is 6.45. The van der Waals surface area contributed by atoms with E-state index >= 15 is 0 Å². The molecule has 1 heterocycles. The van der Waals surface area contributed by atoms with E-state index in [2.05, 4.69) is 0 Å². The van der Waals surface area contributed by atoms with Crippen LogP contribution in [0.2, 0.25) is 5.02 Å². The maximum Gasteiger partial charge on any atom is 0.329 e. The van der Waals surface area contributed by atoms with Crippen LogP contribution in [0.15, 0.2) is 65.5 Å². The van der Waals surface area contributed by atoms with Crippen molar-refractivity contribution in [1.82, 2.24) is 9.78 Å². The smallest absolute Gasteiger partial charge is 0.329 e. The van der Waals surface area contributed by atoms with Gasteiger partial charge < -0.3 is 9.84 Å². The Balaban J connectivity index is 1.55. The largest absolute Gasteiger partial charge is 0.480 e. The van der Waals surface area contributed by atoms with Crippen molar-refractivity contribution < 1.29 is 14.6 Å². The van der Waals surface area contributed by atoms with Crippen LogP contribution < -0.4 is 5.56 Å². The molecule has 7 heteroatoms. The Labute approximate surface area is 197 Å². The first kappa shape index (κ1) is 23.2. The second-order valence-corrected chi connectivity index (χ2v) is 8.98. The molecule has 1 aliphatic rings. The number of carbonyl (C=O) groups is 1. The molecule has 1 aliphatic carbocycles. The van der Waals surface area contributed by atoms with E-state index in [0.717, 1.165) is 48.1 Å². The van der Waals surface area contributed by atoms with Crippen molar-refractivity contribution in [2.45, 2.75) is 32.2 Å². The predicted octanol–water partition coefficient (Wildman–Crippen LogP) is 5.14. The number of carboxylic acid groups (broad SMARTS) is 1. The summed E-state index contributed by atoms with van der Waals surface area (Å²) < 4.78 is 6.84. The van der Waals surface area contributed by atoms with Gasteiger partial charge >= 0.3 is 5.97 Å². The number of carboxylic acids is 1. The Morgan fingerprint density at radius 1 is 1.00 bits per heavy atom. The fourth-order valence-electron chi connectivity index (χ4n) is 4.45. The zero-order valence-electron chi connectivity index (χ0n) is 18.3. The first-order valence-corrected chi connectivity index (χ1v) is 11.6. The number of aliphatic carboxylic acids is 1. The molecule has 0 aliphatic heterocycles. The zero-order valence-corrected chi connectivity index (χ0v) is 19.1. The van der Waals surface area contributed by atoms with Crippen LogP contribution in [0.4, 0.5) is 0 Å². The highest BCUT2D eigenvalue weighted by molar-refractivity contribution is 6.33. The molecule has 0 spiro atoms. The average Bonchev–Trinajstić information content (AvgIpc) is 2.82. The maximum absolute atomic E-state index is 13.0. The molecule has 1 N–H and O–H groups in total. The molecule has 172 valence electrons. The van der Waals surface area contributed by atoms with Crippen LogP contribution in [0.5, 0.6) is 0 Å². The fraction of sp³-hybridized carbons (Fsp3) is 0.346. The molecule has 6 nitrogen and oxygen atoms in total. The van der Waals surface area contributed by atoms with Gasteiger partial charge in [-0.3, -0.25) is 4.79 Å². The van der Waals surface area contributed by atoms with E-state index < -0.39 is 5.97 Å². The topological polar surface area (TPSA) is 81.4 Å². The van der Waals surface area contributed by atoms with Crippen LogP contribution in [0.1, 0.15) is 25.7 Å². The van der Waals surface area contributed by atoms with E-state index in [0.29, 0.717) is 30.0 Å². The van der Waals surface area contributed by atoms with E-state index in [1.165, 1.54) is 0 Å². The number of aromatic nitrogens is 2. The molecule has 1 saturated carbocycles. The average molecular weight is 467 g/mol. The molecule has 2 aromatic carbocycles. The van der Waals surface area contributed by atoms with Gasteiger partial charge in [0.25, 0.3) is 5.56 Å². The molecule has 0 unspecified atom stereocenters. The molecule has 0 radical (unpaired) electrons. The van der Waals surface area contributed by atoms with Gasteiger partial charge in [-0.15, -0.1) is 0 Å². The first-order valence-electron chi connectivity index (χ1n) is 11.2. The van der Waals surface area contributed by atoms with Gasteiger partial charge in [-0.1, -0.05) is 60.1 Å². The van der Waals surface area contributed by atoms with Crippen LogP contribution in [0, 0.1) is 11.8 Å². The van der Waals surface area contributed by atoms with Crippen molar-refractivity contribution in [2.75, 3.05) is 13.2 Å². The van der Waals surface area contributed by atoms with Crippen molar-refractivity contribution in [1.29, 1.82) is 0 Å². The number of rotatable bonds is 8. The minimum atomic E-state index is -0.941. The monoisotopic (exact) mass is 466 g/mol. The Morgan fingerprint density at radius 3 is 2.36 bits per heavy atom. The molecule has 0 amide bonds. The second kappa shape index (κ2) is 10.8. The Hall–Kier alpha value is -2.96. The Morgan fingerprint density at radius 2 is 1.67 bits per heavy atom. The van der Waals surface area contributed by atoms with Crippen molar-refractivity contribution >= 4 is 17.6 Å². The Kier molecular flexibility index (Phi) is 7.57. The van der Waals surface area contributed by atoms with Gasteiger partial charge in [-0.2, -0.15) is 5.10 Å². The number of benzene rings is 2. The van der Waals surface area contributed by atoms with Crippen LogP contribution in [-0.2, 0) is 16.1 Å². The third-order valence-electron chi connectivity index (χ3n) is 6.19. The lowest BCUT2D eigenvalue weighted by molar-refractivity contribution is -0.142. The SMILES string of the molecule is O=C(O)COC[C@H]1CC[C@@H](Cn2nc(-c3ccccc3)c(-c3ccccc3Cl)cc2=O)CC1. The zero-order chi connectivity index (χ0) is 23.2. The van der Waals surface area contributed by atoms with Crippen molar-refractivity contribution in [2.24, 2.45) is 11.8 Å². The van der Waals surface area contributed by atoms with E-state index in [4.69, 9.17) is 26.5 Å². The van der Waals surface area contributed by atoms with Gasteiger partial charge in [0.05, 0.1) is 12.3 Å². The fourth-order valence-corrected chi connectivity index (χ4v) is 4.69. The minimum Gasteiger partial charge on any atom is -0.480 e. The molecular formula is C26H27ClN2O4. The van der Waals surface area contributed by atoms with Gasteiger partial charge in [0.15, 0.2) is 0 Å². The third kappa shape index (κ3) is 5.89. The van der Waals surface area contributed by atoms with E-state index in [1.807, 2.05) is 54.6 Å². The number of hydrogen-bond acceptors (Lipinski definition) is 4. The van der Waals surface area contributed by atoms with Gasteiger partial charge in [-0.05, 0) is 43.6 Å². The van der Waals surface area contributed by atoms with E-state index in [1.54, 1.807) is 10.7 Å². The highest BCUT2D eigenvalue weighted by atomic mass is 35.5. The normalized spacial score (nSPS) is 18.2. The van der Waals surface area contributed by atoms with Crippen LogP contribution in [0.25, 0.3) is 22.4 Å². The van der Waals surface area contributed by atoms with Crippen LogP contribution in [0.3, 0.4) is 0 Å². The lowest BCUT2D eigenvalue weighted by atomic mass is 9.82. The predicted molar refractivity (Wildman–Crippen MR) is 128 cm³/mol. The Bertz CT molecular complexity index is 1150. The molecule has 4 rings (SSSR count). The lowest BCUT2D eigenvalue weighted by Crippen LogP contribution is -2.29. The highest BCUT2D eigenvalue weighted by Crippen LogP contribution is 2.34. The summed E-state index contributed by atoms with van der Waals surface area (Å²) in [6.07, 6.45) is 3.84. The molecular weight excluding hydrogens is 440 g/mol. The van der Waals surface area contributed by atoms with Gasteiger partial charge in [0.1, 0.15) is 6.61 Å². The van der Waals surface area contributed by atoms with E-state index in [9.17, 15) is 9.59 Å². The van der Waals surface area contributed by atoms with Crippen LogP contribution >= 0.6 is 11.6 Å². The molecule has 3 aromatic rings. The standard InChI is InChI=1S/C26H27ClN2O4/c27-23-9-5-4-8-21(23)22-14-24(30)29(28-26(22)20-6-2-1-3-7-20)15-18-10-12-19(13-11-18)16-33-17-25(31)32/h1-9,14,18-19H,10-13,15-17H2,(H,31,32)/t18-,19+. The van der Waals surface area contributed by atoms with Crippen molar-refractivity contribution in [3.63, 3.8) is 0 Å². The first-order chi connectivity index (χ1) is 16.0. The molecule has 0 bridgehead atoms. The summed E-state index contributed by atoms with van der Waals surface area (Å²) in [6, 6.07) is 19.0. The third-order valence-corrected chi connectivity index (χ3v) is 6.52.